The van der Waals surface area contributed by atoms with Crippen LogP contribution < -0.4 is 10.6 Å². The maximum absolute atomic E-state index is 11.9. The molecule has 0 bridgehead atoms. The molecule has 0 aromatic heterocycles. The van der Waals surface area contributed by atoms with Gasteiger partial charge in [0.1, 0.15) is 0 Å². The number of hydrogen-bond donors (Lipinski definition) is 2. The van der Waals surface area contributed by atoms with Crippen LogP contribution in [0.4, 0.5) is 5.69 Å². The average molecular weight is 301 g/mol. The van der Waals surface area contributed by atoms with Crippen LogP contribution in [0.25, 0.3) is 0 Å². The molecule has 0 fully saturated rings. The highest BCUT2D eigenvalue weighted by molar-refractivity contribution is 6.30. The minimum atomic E-state index is -0.171. The van der Waals surface area contributed by atoms with Gasteiger partial charge in [-0.15, -0.1) is 0 Å². The maximum Gasteiger partial charge on any atom is 0.250 e. The van der Waals surface area contributed by atoms with E-state index in [0.29, 0.717) is 11.6 Å². The van der Waals surface area contributed by atoms with Crippen LogP contribution in [0, 0.1) is 0 Å². The van der Waals surface area contributed by atoms with Gasteiger partial charge in [-0.05, 0) is 36.8 Å². The van der Waals surface area contributed by atoms with Crippen molar-refractivity contribution in [1.82, 2.24) is 5.32 Å². The molecule has 2 aromatic rings. The second kappa shape index (κ2) is 7.50. The van der Waals surface area contributed by atoms with E-state index < -0.39 is 0 Å². The van der Waals surface area contributed by atoms with E-state index in [2.05, 4.69) is 10.6 Å². The van der Waals surface area contributed by atoms with Gasteiger partial charge in [0.25, 0.3) is 0 Å². The fraction of sp³-hybridized carbons (Fsp3) is 0.118. The predicted molar refractivity (Wildman–Crippen MR) is 87.1 cm³/mol. The van der Waals surface area contributed by atoms with Gasteiger partial charge in [-0.25, -0.2) is 0 Å². The first-order chi connectivity index (χ1) is 10.1. The third-order valence-corrected chi connectivity index (χ3v) is 3.13. The molecular weight excluding hydrogens is 284 g/mol. The largest absolute Gasteiger partial charge is 0.384 e. The molecule has 0 spiro atoms. The Morgan fingerprint density at radius 3 is 2.43 bits per heavy atom. The van der Waals surface area contributed by atoms with Crippen LogP contribution in [0.15, 0.2) is 66.4 Å². The summed E-state index contributed by atoms with van der Waals surface area (Å²) < 4.78 is 0. The number of hydrogen-bond acceptors (Lipinski definition) is 2. The summed E-state index contributed by atoms with van der Waals surface area (Å²) in [7, 11) is 0. The van der Waals surface area contributed by atoms with E-state index in [1.54, 1.807) is 24.3 Å². The Bertz CT molecular complexity index is 621. The molecule has 0 aliphatic heterocycles. The highest BCUT2D eigenvalue weighted by Gasteiger charge is 2.00. The van der Waals surface area contributed by atoms with E-state index >= 15 is 0 Å². The molecule has 0 heterocycles. The summed E-state index contributed by atoms with van der Waals surface area (Å²) in [5, 5.41) is 6.63. The number of nitrogens with one attached hydrogen (secondary N) is 2. The number of allylic oxidation sites excluding steroid dienone is 1. The Labute approximate surface area is 129 Å². The Morgan fingerprint density at radius 2 is 1.76 bits per heavy atom. The number of amides is 1. The van der Waals surface area contributed by atoms with E-state index in [0.717, 1.165) is 11.4 Å². The van der Waals surface area contributed by atoms with Gasteiger partial charge in [-0.1, -0.05) is 41.9 Å². The SMILES string of the molecule is C/C(=C\C(=O)Nc1ccc(Cl)cc1)NCc1ccccc1. The molecule has 2 aromatic carbocycles. The van der Waals surface area contributed by atoms with E-state index in [-0.39, 0.29) is 5.91 Å². The number of benzene rings is 2. The molecular formula is C17H17ClN2O. The Balaban J connectivity index is 1.86. The summed E-state index contributed by atoms with van der Waals surface area (Å²) in [4.78, 5) is 11.9. The molecule has 4 heteroatoms. The van der Waals surface area contributed by atoms with Gasteiger partial charge in [-0.3, -0.25) is 4.79 Å². The van der Waals surface area contributed by atoms with Crippen molar-refractivity contribution in [2.75, 3.05) is 5.32 Å². The fourth-order valence-electron chi connectivity index (χ4n) is 1.80. The lowest BCUT2D eigenvalue weighted by molar-refractivity contribution is -0.112. The van der Waals surface area contributed by atoms with Gasteiger partial charge in [0.2, 0.25) is 5.91 Å². The lowest BCUT2D eigenvalue weighted by atomic mass is 10.2. The van der Waals surface area contributed by atoms with Crippen molar-refractivity contribution >= 4 is 23.2 Å². The summed E-state index contributed by atoms with van der Waals surface area (Å²) in [5.41, 5.74) is 2.70. The highest BCUT2D eigenvalue weighted by atomic mass is 35.5. The number of carbonyl (C=O) groups is 1. The molecule has 0 aliphatic carbocycles. The van der Waals surface area contributed by atoms with Crippen LogP contribution in [-0.4, -0.2) is 5.91 Å². The first kappa shape index (κ1) is 15.1. The lowest BCUT2D eigenvalue weighted by Crippen LogP contribution is -2.15. The van der Waals surface area contributed by atoms with E-state index in [4.69, 9.17) is 11.6 Å². The molecule has 21 heavy (non-hydrogen) atoms. The van der Waals surface area contributed by atoms with Crippen LogP contribution in [0.3, 0.4) is 0 Å². The minimum Gasteiger partial charge on any atom is -0.384 e. The highest BCUT2D eigenvalue weighted by Crippen LogP contribution is 2.13. The van der Waals surface area contributed by atoms with Crippen molar-refractivity contribution in [2.45, 2.75) is 13.5 Å². The smallest absolute Gasteiger partial charge is 0.250 e. The Hall–Kier alpha value is -2.26. The van der Waals surface area contributed by atoms with Crippen molar-refractivity contribution in [3.8, 4) is 0 Å². The minimum absolute atomic E-state index is 0.171. The molecule has 0 saturated carbocycles. The van der Waals surface area contributed by atoms with Crippen molar-refractivity contribution in [2.24, 2.45) is 0 Å². The normalized spacial score (nSPS) is 11.0. The third kappa shape index (κ3) is 5.32. The summed E-state index contributed by atoms with van der Waals surface area (Å²) in [6.45, 7) is 2.56. The molecule has 0 saturated heterocycles. The topological polar surface area (TPSA) is 41.1 Å². The summed E-state index contributed by atoms with van der Waals surface area (Å²) in [5.74, 6) is -0.171. The zero-order chi connectivity index (χ0) is 15.1. The first-order valence-electron chi connectivity index (χ1n) is 6.66. The van der Waals surface area contributed by atoms with Gasteiger partial charge in [0.15, 0.2) is 0 Å². The molecule has 2 rings (SSSR count). The van der Waals surface area contributed by atoms with Gasteiger partial charge < -0.3 is 10.6 Å². The molecule has 0 aliphatic rings. The molecule has 2 N–H and O–H groups in total. The van der Waals surface area contributed by atoms with E-state index in [1.807, 2.05) is 37.3 Å². The summed E-state index contributed by atoms with van der Waals surface area (Å²) in [6, 6.07) is 17.0. The number of rotatable bonds is 5. The van der Waals surface area contributed by atoms with Crippen LogP contribution >= 0.6 is 11.6 Å². The summed E-state index contributed by atoms with van der Waals surface area (Å²) in [6.07, 6.45) is 1.54. The summed E-state index contributed by atoms with van der Waals surface area (Å²) >= 11 is 5.80. The standard InChI is InChI=1S/C17H17ClN2O/c1-13(19-12-14-5-3-2-4-6-14)11-17(21)20-16-9-7-15(18)8-10-16/h2-11,19H,12H2,1H3,(H,20,21)/b13-11+. The third-order valence-electron chi connectivity index (χ3n) is 2.87. The number of anilines is 1. The van der Waals surface area contributed by atoms with Gasteiger partial charge >= 0.3 is 0 Å². The monoisotopic (exact) mass is 300 g/mol. The molecule has 108 valence electrons. The molecule has 3 nitrogen and oxygen atoms in total. The number of carbonyl (C=O) groups excluding carboxylic acids is 1. The van der Waals surface area contributed by atoms with Crippen molar-refractivity contribution in [3.05, 3.63) is 77.0 Å². The van der Waals surface area contributed by atoms with E-state index in [9.17, 15) is 4.79 Å². The van der Waals surface area contributed by atoms with Crippen LogP contribution in [0.2, 0.25) is 5.02 Å². The first-order valence-corrected chi connectivity index (χ1v) is 7.04. The predicted octanol–water partition coefficient (Wildman–Crippen LogP) is 3.97. The van der Waals surface area contributed by atoms with Crippen molar-refractivity contribution in [1.29, 1.82) is 0 Å². The van der Waals surface area contributed by atoms with Crippen molar-refractivity contribution in [3.63, 3.8) is 0 Å². The van der Waals surface area contributed by atoms with Crippen molar-refractivity contribution < 1.29 is 4.79 Å². The second-order valence-electron chi connectivity index (χ2n) is 4.66. The van der Waals surface area contributed by atoms with Gasteiger partial charge in [0.05, 0.1) is 0 Å². The van der Waals surface area contributed by atoms with Crippen LogP contribution in [-0.2, 0) is 11.3 Å². The molecule has 0 radical (unpaired) electrons. The van der Waals surface area contributed by atoms with Gasteiger partial charge in [0, 0.05) is 29.0 Å². The zero-order valence-electron chi connectivity index (χ0n) is 11.8. The second-order valence-corrected chi connectivity index (χ2v) is 5.10. The maximum atomic E-state index is 11.9. The quantitative estimate of drug-likeness (QED) is 0.820. The van der Waals surface area contributed by atoms with Crippen LogP contribution in [0.1, 0.15) is 12.5 Å². The zero-order valence-corrected chi connectivity index (χ0v) is 12.5. The van der Waals surface area contributed by atoms with Crippen LogP contribution in [0.5, 0.6) is 0 Å². The number of halogens is 1. The average Bonchev–Trinajstić information content (AvgIpc) is 2.48. The molecule has 1 amide bonds. The Morgan fingerprint density at radius 1 is 1.10 bits per heavy atom. The molecule has 0 atom stereocenters. The Kier molecular flexibility index (Phi) is 5.41. The lowest BCUT2D eigenvalue weighted by Gasteiger charge is -2.07. The molecule has 0 unspecified atom stereocenters. The van der Waals surface area contributed by atoms with E-state index in [1.165, 1.54) is 11.6 Å². The van der Waals surface area contributed by atoms with Gasteiger partial charge in [-0.2, -0.15) is 0 Å². The fourth-order valence-corrected chi connectivity index (χ4v) is 1.92.